The fourth-order valence-corrected chi connectivity index (χ4v) is 3.69. The van der Waals surface area contributed by atoms with E-state index in [1.165, 1.54) is 7.05 Å². The van der Waals surface area contributed by atoms with Gasteiger partial charge in [-0.1, -0.05) is 6.07 Å². The number of aromatic nitrogens is 1. The molecule has 26 heavy (non-hydrogen) atoms. The highest BCUT2D eigenvalue weighted by molar-refractivity contribution is 9.10. The molecule has 0 saturated carbocycles. The zero-order chi connectivity index (χ0) is 18.7. The van der Waals surface area contributed by atoms with Crippen LogP contribution in [-0.4, -0.2) is 35.2 Å². The Morgan fingerprint density at radius 1 is 1.31 bits per heavy atom. The van der Waals surface area contributed by atoms with E-state index in [0.29, 0.717) is 27.5 Å². The number of thioether (sulfide) groups is 1. The van der Waals surface area contributed by atoms with E-state index < -0.39 is 0 Å². The van der Waals surface area contributed by atoms with Gasteiger partial charge >= 0.3 is 0 Å². The van der Waals surface area contributed by atoms with E-state index in [9.17, 15) is 9.59 Å². The van der Waals surface area contributed by atoms with Crippen molar-refractivity contribution in [3.8, 4) is 11.5 Å². The first-order valence-corrected chi connectivity index (χ1v) is 9.22. The number of rotatable bonds is 5. The third kappa shape index (κ3) is 3.91. The monoisotopic (exact) mass is 434 g/mol. The highest BCUT2D eigenvalue weighted by atomic mass is 79.9. The van der Waals surface area contributed by atoms with Crippen molar-refractivity contribution in [3.63, 3.8) is 0 Å². The Hall–Kier alpha value is -2.32. The van der Waals surface area contributed by atoms with E-state index in [2.05, 4.69) is 20.9 Å². The van der Waals surface area contributed by atoms with Crippen molar-refractivity contribution in [3.05, 3.63) is 57.2 Å². The summed E-state index contributed by atoms with van der Waals surface area (Å²) in [6.07, 6.45) is 3.36. The maximum atomic E-state index is 12.0. The van der Waals surface area contributed by atoms with Gasteiger partial charge in [0.2, 0.25) is 0 Å². The van der Waals surface area contributed by atoms with Gasteiger partial charge in [0, 0.05) is 13.2 Å². The van der Waals surface area contributed by atoms with E-state index in [1.54, 1.807) is 31.5 Å². The Morgan fingerprint density at radius 2 is 2.12 bits per heavy atom. The molecule has 134 valence electrons. The topological polar surface area (TPSA) is 68.7 Å². The predicted molar refractivity (Wildman–Crippen MR) is 103 cm³/mol. The van der Waals surface area contributed by atoms with Crippen molar-refractivity contribution < 1.29 is 19.1 Å². The van der Waals surface area contributed by atoms with Crippen LogP contribution in [0.15, 0.2) is 45.9 Å². The van der Waals surface area contributed by atoms with E-state index in [0.717, 1.165) is 27.9 Å². The number of pyridine rings is 1. The smallest absolute Gasteiger partial charge is 0.293 e. The Balaban J connectivity index is 1.86. The molecule has 8 heteroatoms. The van der Waals surface area contributed by atoms with Crippen LogP contribution in [0.25, 0.3) is 6.08 Å². The van der Waals surface area contributed by atoms with Crippen LogP contribution in [0.4, 0.5) is 4.79 Å². The minimum Gasteiger partial charge on any atom is -0.493 e. The molecule has 2 heterocycles. The molecule has 3 rings (SSSR count). The Morgan fingerprint density at radius 3 is 2.73 bits per heavy atom. The maximum Gasteiger partial charge on any atom is 0.293 e. The zero-order valence-electron chi connectivity index (χ0n) is 14.1. The molecule has 1 fully saturated rings. The van der Waals surface area contributed by atoms with Crippen molar-refractivity contribution in [1.82, 2.24) is 9.88 Å². The highest BCUT2D eigenvalue weighted by Crippen LogP contribution is 2.39. The molecule has 0 unspecified atom stereocenters. The lowest BCUT2D eigenvalue weighted by molar-refractivity contribution is -0.121. The summed E-state index contributed by atoms with van der Waals surface area (Å²) in [6.45, 7) is 0.296. The first-order valence-electron chi connectivity index (χ1n) is 7.61. The Labute approximate surface area is 163 Å². The molecular formula is C18H15BrN2O4S. The van der Waals surface area contributed by atoms with Crippen LogP contribution < -0.4 is 9.47 Å². The Bertz CT molecular complexity index is 886. The van der Waals surface area contributed by atoms with Gasteiger partial charge in [0.15, 0.2) is 11.5 Å². The molecule has 0 radical (unpaired) electrons. The van der Waals surface area contributed by atoms with Gasteiger partial charge in [-0.3, -0.25) is 19.5 Å². The zero-order valence-corrected chi connectivity index (χ0v) is 16.5. The lowest BCUT2D eigenvalue weighted by atomic mass is 10.2. The van der Waals surface area contributed by atoms with Gasteiger partial charge in [-0.2, -0.15) is 0 Å². The molecule has 1 aliphatic heterocycles. The van der Waals surface area contributed by atoms with Gasteiger partial charge < -0.3 is 9.47 Å². The van der Waals surface area contributed by atoms with Gasteiger partial charge in [-0.25, -0.2) is 0 Å². The second-order valence-corrected chi connectivity index (χ2v) is 7.23. The summed E-state index contributed by atoms with van der Waals surface area (Å²) in [5.74, 6) is 0.738. The molecule has 0 N–H and O–H groups in total. The van der Waals surface area contributed by atoms with Crippen molar-refractivity contribution >= 4 is 44.9 Å². The summed E-state index contributed by atoms with van der Waals surface area (Å²) in [6, 6.07) is 9.16. The van der Waals surface area contributed by atoms with E-state index in [4.69, 9.17) is 9.47 Å². The largest absolute Gasteiger partial charge is 0.493 e. The molecule has 1 aliphatic rings. The second kappa shape index (κ2) is 7.92. The van der Waals surface area contributed by atoms with Crippen LogP contribution in [0.3, 0.4) is 0 Å². The molecule has 6 nitrogen and oxygen atoms in total. The number of nitrogens with zero attached hydrogens (tertiary/aromatic N) is 2. The van der Waals surface area contributed by atoms with E-state index in [-0.39, 0.29) is 11.1 Å². The van der Waals surface area contributed by atoms with Crippen molar-refractivity contribution in [2.45, 2.75) is 6.61 Å². The average Bonchev–Trinajstić information content (AvgIpc) is 2.88. The number of ether oxygens (including phenoxy) is 2. The molecule has 1 aromatic heterocycles. The number of amides is 2. The number of methoxy groups -OCH3 is 1. The molecule has 0 spiro atoms. The number of hydrogen-bond donors (Lipinski definition) is 0. The molecule has 2 amide bonds. The summed E-state index contributed by atoms with van der Waals surface area (Å²) < 4.78 is 11.9. The average molecular weight is 435 g/mol. The van der Waals surface area contributed by atoms with Crippen LogP contribution in [0, 0.1) is 0 Å². The predicted octanol–water partition coefficient (Wildman–Crippen LogP) is 4.10. The van der Waals surface area contributed by atoms with Crippen LogP contribution >= 0.6 is 27.7 Å². The van der Waals surface area contributed by atoms with Gasteiger partial charge in [0.1, 0.15) is 6.61 Å². The maximum absolute atomic E-state index is 12.0. The molecule has 2 aromatic rings. The lowest BCUT2D eigenvalue weighted by Crippen LogP contribution is -2.22. The number of carbonyl (C=O) groups is 2. The van der Waals surface area contributed by atoms with Crippen LogP contribution in [-0.2, 0) is 11.4 Å². The number of imide groups is 1. The van der Waals surface area contributed by atoms with Crippen LogP contribution in [0.5, 0.6) is 11.5 Å². The third-order valence-corrected chi connectivity index (χ3v) is 5.18. The summed E-state index contributed by atoms with van der Waals surface area (Å²) >= 11 is 4.39. The molecule has 0 aliphatic carbocycles. The van der Waals surface area contributed by atoms with Gasteiger partial charge in [-0.15, -0.1) is 0 Å². The second-order valence-electron chi connectivity index (χ2n) is 5.38. The van der Waals surface area contributed by atoms with Crippen molar-refractivity contribution in [2.24, 2.45) is 0 Å². The minimum atomic E-state index is -0.314. The molecule has 0 atom stereocenters. The third-order valence-electron chi connectivity index (χ3n) is 3.63. The van der Waals surface area contributed by atoms with Gasteiger partial charge in [0.25, 0.3) is 11.1 Å². The summed E-state index contributed by atoms with van der Waals surface area (Å²) in [4.78, 5) is 29.3. The SMILES string of the molecule is COc1cc(/C=C2/SC(=O)N(C)C2=O)cc(Br)c1OCc1ccccn1. The number of benzene rings is 1. The van der Waals surface area contributed by atoms with Crippen molar-refractivity contribution in [2.75, 3.05) is 14.2 Å². The first kappa shape index (κ1) is 18.5. The van der Waals surface area contributed by atoms with Gasteiger partial charge in [0.05, 0.1) is 22.2 Å². The molecule has 1 aromatic carbocycles. The quantitative estimate of drug-likeness (QED) is 0.659. The normalized spacial score (nSPS) is 15.7. The van der Waals surface area contributed by atoms with E-state index in [1.807, 2.05) is 18.2 Å². The highest BCUT2D eigenvalue weighted by Gasteiger charge is 2.31. The lowest BCUT2D eigenvalue weighted by Gasteiger charge is -2.13. The van der Waals surface area contributed by atoms with Crippen molar-refractivity contribution in [1.29, 1.82) is 0 Å². The number of halogens is 1. The minimum absolute atomic E-state index is 0.289. The van der Waals surface area contributed by atoms with Gasteiger partial charge in [-0.05, 0) is 63.6 Å². The standard InChI is InChI=1S/C18H15BrN2O4S/c1-21-17(22)15(26-18(21)23)9-11-7-13(19)16(14(8-11)24-2)25-10-12-5-3-4-6-20-12/h3-9H,10H2,1-2H3/b15-9+. The van der Waals surface area contributed by atoms with Crippen LogP contribution in [0.1, 0.15) is 11.3 Å². The number of likely N-dealkylation sites (N-methyl/N-ethyl adjacent to an activating group) is 1. The fourth-order valence-electron chi connectivity index (χ4n) is 2.29. The fraction of sp³-hybridized carbons (Fsp3) is 0.167. The molecule has 1 saturated heterocycles. The molecule has 0 bridgehead atoms. The molecular weight excluding hydrogens is 420 g/mol. The Kier molecular flexibility index (Phi) is 5.63. The number of carbonyl (C=O) groups excluding carboxylic acids is 2. The summed E-state index contributed by atoms with van der Waals surface area (Å²) in [7, 11) is 3.00. The van der Waals surface area contributed by atoms with E-state index >= 15 is 0 Å². The summed E-state index contributed by atoms with van der Waals surface area (Å²) in [5.41, 5.74) is 1.51. The number of hydrogen-bond acceptors (Lipinski definition) is 6. The summed E-state index contributed by atoms with van der Waals surface area (Å²) in [5, 5.41) is -0.289. The van der Waals surface area contributed by atoms with Crippen LogP contribution in [0.2, 0.25) is 0 Å². The first-order chi connectivity index (χ1) is 12.5.